The number of methoxy groups -OCH3 is 1. The van der Waals surface area contributed by atoms with E-state index in [1.54, 1.807) is 0 Å². The van der Waals surface area contributed by atoms with E-state index in [-0.39, 0.29) is 28.1 Å². The molecule has 0 saturated carbocycles. The number of benzene rings is 1. The first-order valence-corrected chi connectivity index (χ1v) is 6.03. The van der Waals surface area contributed by atoms with Crippen molar-refractivity contribution >= 4 is 43.3 Å². The number of hydrogen-bond acceptors (Lipinski definition) is 4. The first-order chi connectivity index (χ1) is 7.51. The van der Waals surface area contributed by atoms with Crippen LogP contribution in [0.2, 0.25) is 0 Å². The molecule has 1 aromatic carbocycles. The normalized spacial score (nSPS) is 9.94. The molecule has 0 aliphatic rings. The molecule has 0 radical (unpaired) electrons. The summed E-state index contributed by atoms with van der Waals surface area (Å²) < 4.78 is 5.44. The third-order valence-corrected chi connectivity index (χ3v) is 2.83. The molecule has 5 nitrogen and oxygen atoms in total. The quantitative estimate of drug-likeness (QED) is 0.361. The Morgan fingerprint density at radius 3 is 2.62 bits per heavy atom. The van der Waals surface area contributed by atoms with Gasteiger partial charge in [0.15, 0.2) is 11.5 Å². The summed E-state index contributed by atoms with van der Waals surface area (Å²) >= 11 is 6.14. The molecule has 0 aromatic heterocycles. The lowest BCUT2D eigenvalue weighted by molar-refractivity contribution is -0.386. The maximum atomic E-state index is 11.5. The van der Waals surface area contributed by atoms with Gasteiger partial charge < -0.3 is 4.74 Å². The predicted octanol–water partition coefficient (Wildman–Crippen LogP) is 2.94. The second-order valence-corrected chi connectivity index (χ2v) is 4.29. The predicted molar refractivity (Wildman–Crippen MR) is 65.5 cm³/mol. The van der Waals surface area contributed by atoms with Crippen LogP contribution < -0.4 is 4.74 Å². The number of nitro benzene ring substituents is 1. The molecule has 1 aromatic rings. The van der Waals surface area contributed by atoms with Crippen LogP contribution in [0, 0.1) is 10.1 Å². The lowest BCUT2D eigenvalue weighted by Gasteiger charge is -2.06. The summed E-state index contributed by atoms with van der Waals surface area (Å²) in [6.07, 6.45) is 0. The van der Waals surface area contributed by atoms with Gasteiger partial charge in [-0.25, -0.2) is 0 Å². The highest BCUT2D eigenvalue weighted by Crippen LogP contribution is 2.34. The van der Waals surface area contributed by atoms with E-state index in [2.05, 4.69) is 31.9 Å². The Labute approximate surface area is 108 Å². The standard InChI is InChI=1S/C9H7Br2NO4/c1-16-8-3-5(11)2-6(7(13)4-10)9(8)12(14)15/h2-3H,4H2,1H3. The summed E-state index contributed by atoms with van der Waals surface area (Å²) in [6, 6.07) is 2.85. The number of Topliss-reactive ketones (excluding diaryl/α,β-unsaturated/α-hetero) is 1. The van der Waals surface area contributed by atoms with Gasteiger partial charge in [-0.2, -0.15) is 0 Å². The summed E-state index contributed by atoms with van der Waals surface area (Å²) in [5.41, 5.74) is -0.289. The second-order valence-electron chi connectivity index (χ2n) is 2.82. The molecule has 16 heavy (non-hydrogen) atoms. The molecule has 0 atom stereocenters. The molecule has 0 N–H and O–H groups in total. The largest absolute Gasteiger partial charge is 0.490 e. The highest BCUT2D eigenvalue weighted by molar-refractivity contribution is 9.10. The Hall–Kier alpha value is -0.950. The first-order valence-electron chi connectivity index (χ1n) is 4.12. The Morgan fingerprint density at radius 1 is 1.56 bits per heavy atom. The minimum Gasteiger partial charge on any atom is -0.490 e. The van der Waals surface area contributed by atoms with E-state index in [1.165, 1.54) is 19.2 Å². The lowest BCUT2D eigenvalue weighted by atomic mass is 10.1. The Balaban J connectivity index is 3.50. The van der Waals surface area contributed by atoms with Crippen molar-refractivity contribution in [2.24, 2.45) is 0 Å². The van der Waals surface area contributed by atoms with Crippen molar-refractivity contribution < 1.29 is 14.5 Å². The fourth-order valence-corrected chi connectivity index (χ4v) is 1.94. The van der Waals surface area contributed by atoms with E-state index in [9.17, 15) is 14.9 Å². The van der Waals surface area contributed by atoms with E-state index >= 15 is 0 Å². The van der Waals surface area contributed by atoms with Crippen LogP contribution in [0.4, 0.5) is 5.69 Å². The average Bonchev–Trinajstić information content (AvgIpc) is 2.26. The van der Waals surface area contributed by atoms with Crippen molar-refractivity contribution in [1.29, 1.82) is 0 Å². The monoisotopic (exact) mass is 351 g/mol. The summed E-state index contributed by atoms with van der Waals surface area (Å²) in [5.74, 6) is -0.310. The maximum Gasteiger partial charge on any atom is 0.321 e. The highest BCUT2D eigenvalue weighted by Gasteiger charge is 2.25. The van der Waals surface area contributed by atoms with E-state index in [0.717, 1.165) is 0 Å². The molecular formula is C9H7Br2NO4. The number of carbonyl (C=O) groups is 1. The van der Waals surface area contributed by atoms with Crippen LogP contribution in [0.5, 0.6) is 5.75 Å². The van der Waals surface area contributed by atoms with Crippen LogP contribution in [0.1, 0.15) is 10.4 Å². The van der Waals surface area contributed by atoms with Gasteiger partial charge in [-0.15, -0.1) is 0 Å². The molecule has 0 bridgehead atoms. The smallest absolute Gasteiger partial charge is 0.321 e. The SMILES string of the molecule is COc1cc(Br)cc(C(=O)CBr)c1[N+](=O)[O-]. The number of ketones is 1. The van der Waals surface area contributed by atoms with Crippen molar-refractivity contribution in [3.63, 3.8) is 0 Å². The van der Waals surface area contributed by atoms with Crippen molar-refractivity contribution in [1.82, 2.24) is 0 Å². The van der Waals surface area contributed by atoms with Crippen LogP contribution in [-0.4, -0.2) is 23.1 Å². The number of rotatable bonds is 4. The Morgan fingerprint density at radius 2 is 2.19 bits per heavy atom. The topological polar surface area (TPSA) is 69.4 Å². The van der Waals surface area contributed by atoms with Gasteiger partial charge in [-0.05, 0) is 6.07 Å². The third-order valence-electron chi connectivity index (χ3n) is 1.86. The van der Waals surface area contributed by atoms with Crippen LogP contribution in [0.3, 0.4) is 0 Å². The molecule has 0 unspecified atom stereocenters. The summed E-state index contributed by atoms with van der Waals surface area (Å²) in [5, 5.41) is 10.9. The van der Waals surface area contributed by atoms with Crippen LogP contribution in [0.15, 0.2) is 16.6 Å². The molecule has 0 heterocycles. The van der Waals surface area contributed by atoms with Gasteiger partial charge in [0, 0.05) is 10.5 Å². The van der Waals surface area contributed by atoms with Crippen molar-refractivity contribution in [3.8, 4) is 5.75 Å². The van der Waals surface area contributed by atoms with E-state index in [4.69, 9.17) is 4.74 Å². The minimum absolute atomic E-state index is 0.0213. The van der Waals surface area contributed by atoms with Gasteiger partial charge in [0.25, 0.3) is 0 Å². The van der Waals surface area contributed by atoms with Crippen molar-refractivity contribution in [2.75, 3.05) is 12.4 Å². The molecule has 0 amide bonds. The summed E-state index contributed by atoms with van der Waals surface area (Å²) in [4.78, 5) is 21.8. The molecular weight excluding hydrogens is 346 g/mol. The van der Waals surface area contributed by atoms with Crippen LogP contribution in [-0.2, 0) is 0 Å². The number of carbonyl (C=O) groups excluding carboxylic acids is 1. The maximum absolute atomic E-state index is 11.5. The molecule has 0 saturated heterocycles. The number of nitro groups is 1. The van der Waals surface area contributed by atoms with Crippen molar-refractivity contribution in [3.05, 3.63) is 32.3 Å². The number of hydrogen-bond donors (Lipinski definition) is 0. The van der Waals surface area contributed by atoms with E-state index in [1.807, 2.05) is 0 Å². The molecule has 0 aliphatic carbocycles. The first kappa shape index (κ1) is 13.1. The number of halogens is 2. The van der Waals surface area contributed by atoms with Gasteiger partial charge in [0.1, 0.15) is 5.56 Å². The van der Waals surface area contributed by atoms with Crippen LogP contribution >= 0.6 is 31.9 Å². The second kappa shape index (κ2) is 5.40. The highest BCUT2D eigenvalue weighted by atomic mass is 79.9. The fourth-order valence-electron chi connectivity index (χ4n) is 1.20. The zero-order valence-corrected chi connectivity index (χ0v) is 11.4. The van der Waals surface area contributed by atoms with Gasteiger partial charge in [0.2, 0.25) is 0 Å². The van der Waals surface area contributed by atoms with Crippen LogP contribution in [0.25, 0.3) is 0 Å². The number of alkyl halides is 1. The number of nitrogens with zero attached hydrogens (tertiary/aromatic N) is 1. The van der Waals surface area contributed by atoms with Crippen molar-refractivity contribution in [2.45, 2.75) is 0 Å². The molecule has 0 spiro atoms. The zero-order chi connectivity index (χ0) is 12.3. The number of ether oxygens (including phenoxy) is 1. The Kier molecular flexibility index (Phi) is 4.43. The Bertz CT molecular complexity index is 447. The van der Waals surface area contributed by atoms with Gasteiger partial charge in [-0.1, -0.05) is 31.9 Å². The van der Waals surface area contributed by atoms with E-state index < -0.39 is 4.92 Å². The molecule has 1 rings (SSSR count). The van der Waals surface area contributed by atoms with Gasteiger partial charge in [-0.3, -0.25) is 14.9 Å². The van der Waals surface area contributed by atoms with E-state index in [0.29, 0.717) is 4.47 Å². The lowest BCUT2D eigenvalue weighted by Crippen LogP contribution is -2.06. The zero-order valence-electron chi connectivity index (χ0n) is 8.20. The molecule has 0 aliphatic heterocycles. The fraction of sp³-hybridized carbons (Fsp3) is 0.222. The van der Waals surface area contributed by atoms with Gasteiger partial charge in [0.05, 0.1) is 17.4 Å². The summed E-state index contributed by atoms with van der Waals surface area (Å²) in [7, 11) is 1.32. The average molecular weight is 353 g/mol. The molecule has 0 fully saturated rings. The molecule has 86 valence electrons. The third kappa shape index (κ3) is 2.59. The summed E-state index contributed by atoms with van der Waals surface area (Å²) in [6.45, 7) is 0. The minimum atomic E-state index is -0.624. The van der Waals surface area contributed by atoms with Gasteiger partial charge >= 0.3 is 5.69 Å². The molecule has 7 heteroatoms.